The van der Waals surface area contributed by atoms with Gasteiger partial charge in [-0.05, 0) is 37.6 Å². The molecule has 0 saturated carbocycles. The van der Waals surface area contributed by atoms with Crippen LogP contribution in [-0.2, 0) is 21.7 Å². The molecule has 152 valence electrons. The predicted octanol–water partition coefficient (Wildman–Crippen LogP) is 1.77. The summed E-state index contributed by atoms with van der Waals surface area (Å²) in [7, 11) is 0. The van der Waals surface area contributed by atoms with Crippen molar-refractivity contribution in [2.24, 2.45) is 0 Å². The van der Waals surface area contributed by atoms with E-state index in [2.05, 4.69) is 4.98 Å². The Labute approximate surface area is 169 Å². The number of phenols is 1. The summed E-state index contributed by atoms with van der Waals surface area (Å²) >= 11 is 0. The van der Waals surface area contributed by atoms with Crippen molar-refractivity contribution in [1.29, 1.82) is 0 Å². The number of nitrogens with zero attached hydrogens (tertiary/aromatic N) is 2. The van der Waals surface area contributed by atoms with Crippen LogP contribution >= 0.6 is 0 Å². The molecule has 0 saturated heterocycles. The summed E-state index contributed by atoms with van der Waals surface area (Å²) in [5.74, 6) is -0.750. The zero-order valence-corrected chi connectivity index (χ0v) is 16.3. The average molecular weight is 406 g/mol. The number of ether oxygens (including phenoxy) is 1. The third-order valence-corrected chi connectivity index (χ3v) is 5.85. The summed E-state index contributed by atoms with van der Waals surface area (Å²) in [6, 6.07) is 6.21. The molecule has 8 nitrogen and oxygen atoms in total. The Morgan fingerprint density at radius 2 is 2.03 bits per heavy atom. The highest BCUT2D eigenvalue weighted by Crippen LogP contribution is 2.35. The van der Waals surface area contributed by atoms with Crippen LogP contribution < -0.4 is 10.8 Å². The normalized spacial score (nSPS) is 19.9. The van der Waals surface area contributed by atoms with E-state index < -0.39 is 17.1 Å². The molecule has 5 rings (SSSR count). The second-order valence-electron chi connectivity index (χ2n) is 7.55. The van der Waals surface area contributed by atoms with Gasteiger partial charge in [-0.2, -0.15) is 0 Å². The number of esters is 1. The number of aromatic nitrogens is 2. The molecule has 4 aromatic rings. The SMILES string of the molecule is CC[C@@]1(O)C(=O)OCc2c1cc1c3nc4ccc(O)cc4c(=C(C)O)c3cn1c2=O. The third-order valence-electron chi connectivity index (χ3n) is 5.85. The minimum Gasteiger partial charge on any atom is -0.512 e. The van der Waals surface area contributed by atoms with Gasteiger partial charge in [-0.3, -0.25) is 9.20 Å². The van der Waals surface area contributed by atoms with E-state index in [1.54, 1.807) is 25.3 Å². The van der Waals surface area contributed by atoms with E-state index in [0.29, 0.717) is 32.5 Å². The topological polar surface area (TPSA) is 121 Å². The standard InChI is InChI=1S/C22H18N2O6/c1-3-22(29)15-7-17-19-13(8-24(17)20(27)14(15)9-30-21(22)28)18(10(2)25)12-6-11(26)4-5-16(12)23-19/h4-8,25-26,29H,3,9H2,1-2H3/t22-/m0/s1. The molecule has 0 fully saturated rings. The van der Waals surface area contributed by atoms with E-state index >= 15 is 0 Å². The molecule has 1 aromatic carbocycles. The first-order chi connectivity index (χ1) is 14.3. The zero-order valence-electron chi connectivity index (χ0n) is 16.3. The third kappa shape index (κ3) is 2.22. The number of benzene rings is 1. The highest BCUT2D eigenvalue weighted by atomic mass is 16.6. The molecule has 0 unspecified atom stereocenters. The van der Waals surface area contributed by atoms with Crippen LogP contribution in [0.2, 0.25) is 0 Å². The second-order valence-corrected chi connectivity index (χ2v) is 7.55. The first kappa shape index (κ1) is 18.4. The number of aliphatic hydroxyl groups is 2. The zero-order chi connectivity index (χ0) is 21.4. The van der Waals surface area contributed by atoms with Gasteiger partial charge in [-0.15, -0.1) is 0 Å². The molecule has 30 heavy (non-hydrogen) atoms. The van der Waals surface area contributed by atoms with Crippen LogP contribution in [0.3, 0.4) is 0 Å². The smallest absolute Gasteiger partial charge is 0.343 e. The monoisotopic (exact) mass is 406 g/mol. The Balaban J connectivity index is 2.03. The van der Waals surface area contributed by atoms with Gasteiger partial charge in [-0.25, -0.2) is 9.78 Å². The van der Waals surface area contributed by atoms with E-state index in [1.807, 2.05) is 0 Å². The first-order valence-electron chi connectivity index (χ1n) is 9.49. The molecule has 3 aromatic heterocycles. The van der Waals surface area contributed by atoms with Gasteiger partial charge < -0.3 is 20.1 Å². The minimum absolute atomic E-state index is 0.00897. The fourth-order valence-electron chi connectivity index (χ4n) is 4.29. The van der Waals surface area contributed by atoms with Gasteiger partial charge in [0.05, 0.1) is 27.9 Å². The number of rotatable bonds is 1. The quantitative estimate of drug-likeness (QED) is 0.412. The fraction of sp³-hybridized carbons (Fsp3) is 0.227. The Hall–Kier alpha value is -3.65. The molecule has 0 bridgehead atoms. The number of hydrogen-bond acceptors (Lipinski definition) is 7. The van der Waals surface area contributed by atoms with Crippen LogP contribution in [0.4, 0.5) is 0 Å². The van der Waals surface area contributed by atoms with Gasteiger partial charge >= 0.3 is 5.97 Å². The van der Waals surface area contributed by atoms with E-state index in [1.165, 1.54) is 23.5 Å². The van der Waals surface area contributed by atoms with Crippen molar-refractivity contribution in [2.45, 2.75) is 32.5 Å². The molecule has 1 atom stereocenters. The number of carbonyl (C=O) groups is 1. The molecular formula is C22H18N2O6. The molecule has 0 amide bonds. The summed E-state index contributed by atoms with van der Waals surface area (Å²) in [6.45, 7) is 2.94. The molecular weight excluding hydrogens is 388 g/mol. The first-order valence-corrected chi connectivity index (χ1v) is 9.49. The summed E-state index contributed by atoms with van der Waals surface area (Å²) in [5.41, 5.74) is -0.532. The number of pyridine rings is 2. The van der Waals surface area contributed by atoms with Crippen LogP contribution in [0.5, 0.6) is 5.75 Å². The second kappa shape index (κ2) is 5.93. The number of aromatic hydroxyl groups is 1. The maximum Gasteiger partial charge on any atom is 0.343 e. The van der Waals surface area contributed by atoms with E-state index in [9.17, 15) is 24.9 Å². The van der Waals surface area contributed by atoms with Crippen LogP contribution in [0, 0.1) is 0 Å². The largest absolute Gasteiger partial charge is 0.512 e. The van der Waals surface area contributed by atoms with Crippen LogP contribution in [-0.4, -0.2) is 30.7 Å². The van der Waals surface area contributed by atoms with Gasteiger partial charge in [0.25, 0.3) is 5.56 Å². The number of carbonyl (C=O) groups excluding carboxylic acids is 1. The van der Waals surface area contributed by atoms with Crippen molar-refractivity contribution < 1.29 is 24.9 Å². The van der Waals surface area contributed by atoms with Crippen LogP contribution in [0.25, 0.3) is 33.1 Å². The summed E-state index contributed by atoms with van der Waals surface area (Å²) in [4.78, 5) is 30.1. The Morgan fingerprint density at radius 3 is 2.73 bits per heavy atom. The molecule has 1 aliphatic heterocycles. The van der Waals surface area contributed by atoms with Crippen molar-refractivity contribution in [3.8, 4) is 5.75 Å². The van der Waals surface area contributed by atoms with Crippen molar-refractivity contribution in [3.05, 3.63) is 57.2 Å². The van der Waals surface area contributed by atoms with Crippen LogP contribution in [0.1, 0.15) is 31.4 Å². The predicted molar refractivity (Wildman–Crippen MR) is 109 cm³/mol. The lowest BCUT2D eigenvalue weighted by molar-refractivity contribution is -0.172. The van der Waals surface area contributed by atoms with Crippen molar-refractivity contribution in [1.82, 2.24) is 9.38 Å². The molecule has 8 heteroatoms. The lowest BCUT2D eigenvalue weighted by Crippen LogP contribution is -2.43. The Bertz CT molecular complexity index is 1520. The average Bonchev–Trinajstić information content (AvgIpc) is 3.07. The molecule has 0 spiro atoms. The lowest BCUT2D eigenvalue weighted by atomic mass is 9.86. The maximum absolute atomic E-state index is 13.2. The Morgan fingerprint density at radius 1 is 1.27 bits per heavy atom. The highest BCUT2D eigenvalue weighted by molar-refractivity contribution is 6.03. The van der Waals surface area contributed by atoms with Gasteiger partial charge in [-0.1, -0.05) is 6.92 Å². The number of cyclic esters (lactones) is 1. The van der Waals surface area contributed by atoms with Gasteiger partial charge in [0.15, 0.2) is 5.60 Å². The van der Waals surface area contributed by atoms with Gasteiger partial charge in [0.2, 0.25) is 0 Å². The van der Waals surface area contributed by atoms with E-state index in [0.717, 1.165) is 0 Å². The van der Waals surface area contributed by atoms with E-state index in [4.69, 9.17) is 4.74 Å². The van der Waals surface area contributed by atoms with Gasteiger partial charge in [0, 0.05) is 27.8 Å². The minimum atomic E-state index is -1.91. The number of fused-ring (bicyclic) bond motifs is 5. The van der Waals surface area contributed by atoms with Crippen LogP contribution in [0.15, 0.2) is 35.3 Å². The fourth-order valence-corrected chi connectivity index (χ4v) is 4.29. The highest BCUT2D eigenvalue weighted by Gasteiger charge is 2.44. The molecule has 4 heterocycles. The number of hydrogen-bond donors (Lipinski definition) is 3. The Kier molecular flexibility index (Phi) is 3.63. The van der Waals surface area contributed by atoms with Crippen molar-refractivity contribution in [3.63, 3.8) is 0 Å². The van der Waals surface area contributed by atoms with Crippen molar-refractivity contribution in [2.75, 3.05) is 0 Å². The molecule has 3 N–H and O–H groups in total. The summed E-state index contributed by atoms with van der Waals surface area (Å²) < 4.78 is 6.45. The molecule has 0 radical (unpaired) electrons. The lowest BCUT2D eigenvalue weighted by Gasteiger charge is -2.31. The summed E-state index contributed by atoms with van der Waals surface area (Å²) in [6.07, 6.45) is 1.62. The molecule has 1 aliphatic rings. The number of aliphatic hydroxyl groups excluding tert-OH is 1. The molecule has 0 aliphatic carbocycles. The van der Waals surface area contributed by atoms with Crippen molar-refractivity contribution >= 4 is 39.1 Å². The van der Waals surface area contributed by atoms with E-state index in [-0.39, 0.29) is 35.7 Å². The summed E-state index contributed by atoms with van der Waals surface area (Å²) in [5, 5.41) is 32.7. The van der Waals surface area contributed by atoms with Gasteiger partial charge in [0.1, 0.15) is 12.4 Å². The number of phenolic OH excluding ortho intramolecular Hbond substituents is 1. The maximum atomic E-state index is 13.2.